The van der Waals surface area contributed by atoms with Crippen molar-refractivity contribution in [1.82, 2.24) is 15.3 Å². The number of thiophene rings is 1. The molecule has 2 heterocycles. The Morgan fingerprint density at radius 1 is 1.42 bits per heavy atom. The molecule has 3 rings (SSSR count). The fraction of sp³-hybridized carbons (Fsp3) is 0.462. The average Bonchev–Trinajstić information content (AvgIpc) is 2.94. The molecule has 2 aromatic rings. The first-order valence-electron chi connectivity index (χ1n) is 6.45. The largest absolute Gasteiger partial charge is 0.396 e. The van der Waals surface area contributed by atoms with E-state index in [4.69, 9.17) is 5.73 Å². The predicted octanol–water partition coefficient (Wildman–Crippen LogP) is 2.19. The number of hydrogen-bond donors (Lipinski definition) is 2. The van der Waals surface area contributed by atoms with E-state index in [2.05, 4.69) is 22.2 Å². The Kier molecular flexibility index (Phi) is 3.10. The van der Waals surface area contributed by atoms with Gasteiger partial charge in [0.1, 0.15) is 15.2 Å². The van der Waals surface area contributed by atoms with E-state index in [-0.39, 0.29) is 11.9 Å². The zero-order valence-corrected chi connectivity index (χ0v) is 11.5. The fourth-order valence-electron chi connectivity index (χ4n) is 2.60. The first-order valence-corrected chi connectivity index (χ1v) is 7.26. The highest BCUT2D eigenvalue weighted by atomic mass is 32.1. The van der Waals surface area contributed by atoms with Crippen molar-refractivity contribution in [2.75, 3.05) is 5.73 Å². The van der Waals surface area contributed by atoms with Crippen LogP contribution in [0.15, 0.2) is 12.4 Å². The second-order valence-corrected chi connectivity index (χ2v) is 6.14. The van der Waals surface area contributed by atoms with Crippen molar-refractivity contribution in [3.63, 3.8) is 0 Å². The molecule has 1 aliphatic rings. The summed E-state index contributed by atoms with van der Waals surface area (Å²) in [6, 6.07) is 0.271. The normalized spacial score (nSPS) is 22.8. The summed E-state index contributed by atoms with van der Waals surface area (Å²) >= 11 is 1.31. The molecule has 100 valence electrons. The monoisotopic (exact) mass is 276 g/mol. The Morgan fingerprint density at radius 2 is 2.21 bits per heavy atom. The molecule has 2 aromatic heterocycles. The maximum Gasteiger partial charge on any atom is 0.263 e. The fourth-order valence-corrected chi connectivity index (χ4v) is 3.53. The molecule has 1 saturated carbocycles. The Balaban J connectivity index is 1.83. The SMILES string of the molecule is CC1CCC(NC(=O)c2sc3nccnc3c2N)C1. The first-order chi connectivity index (χ1) is 9.15. The summed E-state index contributed by atoms with van der Waals surface area (Å²) in [6.07, 6.45) is 6.47. The number of nitrogens with two attached hydrogens (primary N) is 1. The molecule has 6 heteroatoms. The molecular formula is C13H16N4OS. The van der Waals surface area contributed by atoms with Crippen molar-refractivity contribution in [1.29, 1.82) is 0 Å². The second-order valence-electron chi connectivity index (χ2n) is 5.14. The van der Waals surface area contributed by atoms with E-state index in [1.807, 2.05) is 0 Å². The Labute approximate surface area is 115 Å². The van der Waals surface area contributed by atoms with Gasteiger partial charge in [0, 0.05) is 18.4 Å². The second kappa shape index (κ2) is 4.77. The molecule has 5 nitrogen and oxygen atoms in total. The molecule has 1 amide bonds. The van der Waals surface area contributed by atoms with Crippen molar-refractivity contribution >= 4 is 33.3 Å². The molecule has 0 spiro atoms. The van der Waals surface area contributed by atoms with Gasteiger partial charge in [0.05, 0.1) is 5.69 Å². The minimum atomic E-state index is -0.0959. The molecule has 0 saturated heterocycles. The van der Waals surface area contributed by atoms with Crippen LogP contribution in [-0.4, -0.2) is 21.9 Å². The number of carbonyl (C=O) groups is 1. The molecular weight excluding hydrogens is 260 g/mol. The zero-order chi connectivity index (χ0) is 13.4. The lowest BCUT2D eigenvalue weighted by Gasteiger charge is -2.11. The number of nitrogen functional groups attached to an aromatic ring is 1. The number of nitrogens with one attached hydrogen (secondary N) is 1. The lowest BCUT2D eigenvalue weighted by Crippen LogP contribution is -2.32. The number of aromatic nitrogens is 2. The smallest absolute Gasteiger partial charge is 0.263 e. The first kappa shape index (κ1) is 12.3. The van der Waals surface area contributed by atoms with Crippen LogP contribution in [0.2, 0.25) is 0 Å². The maximum atomic E-state index is 12.3. The van der Waals surface area contributed by atoms with Gasteiger partial charge in [-0.15, -0.1) is 11.3 Å². The molecule has 1 aliphatic carbocycles. The zero-order valence-electron chi connectivity index (χ0n) is 10.7. The van der Waals surface area contributed by atoms with E-state index in [1.165, 1.54) is 17.8 Å². The summed E-state index contributed by atoms with van der Waals surface area (Å²) < 4.78 is 0. The number of hydrogen-bond acceptors (Lipinski definition) is 5. The number of rotatable bonds is 2. The summed E-state index contributed by atoms with van der Waals surface area (Å²) in [4.78, 5) is 21.9. The van der Waals surface area contributed by atoms with Gasteiger partial charge in [0.2, 0.25) is 0 Å². The standard InChI is InChI=1S/C13H16N4OS/c1-7-2-3-8(6-7)17-12(18)11-9(14)10-13(19-11)16-5-4-15-10/h4-5,7-8H,2-3,6,14H2,1H3,(H,17,18). The van der Waals surface area contributed by atoms with Gasteiger partial charge in [0.25, 0.3) is 5.91 Å². The van der Waals surface area contributed by atoms with Gasteiger partial charge in [-0.05, 0) is 25.2 Å². The minimum absolute atomic E-state index is 0.0959. The highest BCUT2D eigenvalue weighted by Gasteiger charge is 2.25. The van der Waals surface area contributed by atoms with Gasteiger partial charge in [-0.25, -0.2) is 9.97 Å². The van der Waals surface area contributed by atoms with Crippen LogP contribution in [0.1, 0.15) is 35.9 Å². The molecule has 2 atom stereocenters. The minimum Gasteiger partial charge on any atom is -0.396 e. The third-order valence-electron chi connectivity index (χ3n) is 3.60. The van der Waals surface area contributed by atoms with Crippen LogP contribution in [0.5, 0.6) is 0 Å². The molecule has 0 aromatic carbocycles. The van der Waals surface area contributed by atoms with Gasteiger partial charge in [-0.3, -0.25) is 4.79 Å². The summed E-state index contributed by atoms with van der Waals surface area (Å²) in [5.41, 5.74) is 7.05. The van der Waals surface area contributed by atoms with Crippen molar-refractivity contribution < 1.29 is 4.79 Å². The lowest BCUT2D eigenvalue weighted by atomic mass is 10.1. The average molecular weight is 276 g/mol. The van der Waals surface area contributed by atoms with Gasteiger partial charge >= 0.3 is 0 Å². The summed E-state index contributed by atoms with van der Waals surface area (Å²) in [5.74, 6) is 0.592. The number of amides is 1. The number of nitrogens with zero attached hydrogens (tertiary/aromatic N) is 2. The third-order valence-corrected chi connectivity index (χ3v) is 4.70. The van der Waals surface area contributed by atoms with Crippen LogP contribution < -0.4 is 11.1 Å². The number of fused-ring (bicyclic) bond motifs is 1. The highest BCUT2D eigenvalue weighted by molar-refractivity contribution is 7.21. The van der Waals surface area contributed by atoms with Crippen molar-refractivity contribution in [3.8, 4) is 0 Å². The van der Waals surface area contributed by atoms with E-state index < -0.39 is 0 Å². The summed E-state index contributed by atoms with van der Waals surface area (Å²) in [6.45, 7) is 2.22. The Bertz CT molecular complexity index is 624. The van der Waals surface area contributed by atoms with Gasteiger partial charge in [-0.1, -0.05) is 6.92 Å². The third kappa shape index (κ3) is 2.28. The molecule has 1 fully saturated rings. The predicted molar refractivity (Wildman–Crippen MR) is 76.1 cm³/mol. The Morgan fingerprint density at radius 3 is 2.89 bits per heavy atom. The van der Waals surface area contributed by atoms with Gasteiger partial charge < -0.3 is 11.1 Å². The maximum absolute atomic E-state index is 12.3. The topological polar surface area (TPSA) is 80.9 Å². The van der Waals surface area contributed by atoms with Crippen LogP contribution >= 0.6 is 11.3 Å². The highest BCUT2D eigenvalue weighted by Crippen LogP contribution is 2.31. The molecule has 0 aliphatic heterocycles. The quantitative estimate of drug-likeness (QED) is 0.881. The van der Waals surface area contributed by atoms with Crippen molar-refractivity contribution in [3.05, 3.63) is 17.3 Å². The summed E-state index contributed by atoms with van der Waals surface area (Å²) in [5, 5.41) is 3.06. The van der Waals surface area contributed by atoms with Crippen LogP contribution in [0.4, 0.5) is 5.69 Å². The van der Waals surface area contributed by atoms with E-state index in [9.17, 15) is 4.79 Å². The van der Waals surface area contributed by atoms with Crippen molar-refractivity contribution in [2.45, 2.75) is 32.2 Å². The van der Waals surface area contributed by atoms with E-state index >= 15 is 0 Å². The molecule has 0 bridgehead atoms. The van der Waals surface area contributed by atoms with Crippen LogP contribution in [0.3, 0.4) is 0 Å². The van der Waals surface area contributed by atoms with Crippen LogP contribution in [0, 0.1) is 5.92 Å². The molecule has 3 N–H and O–H groups in total. The van der Waals surface area contributed by atoms with Gasteiger partial charge in [-0.2, -0.15) is 0 Å². The van der Waals surface area contributed by atoms with Gasteiger partial charge in [0.15, 0.2) is 0 Å². The Hall–Kier alpha value is -1.69. The van der Waals surface area contributed by atoms with E-state index in [0.717, 1.165) is 12.8 Å². The number of carbonyl (C=O) groups excluding carboxylic acids is 1. The van der Waals surface area contributed by atoms with E-state index in [0.29, 0.717) is 26.8 Å². The van der Waals surface area contributed by atoms with Crippen LogP contribution in [0.25, 0.3) is 10.3 Å². The molecule has 0 radical (unpaired) electrons. The number of anilines is 1. The van der Waals surface area contributed by atoms with Crippen LogP contribution in [-0.2, 0) is 0 Å². The lowest BCUT2D eigenvalue weighted by molar-refractivity contribution is 0.0942. The molecule has 19 heavy (non-hydrogen) atoms. The summed E-state index contributed by atoms with van der Waals surface area (Å²) in [7, 11) is 0. The molecule has 2 unspecified atom stereocenters. The van der Waals surface area contributed by atoms with Crippen molar-refractivity contribution in [2.24, 2.45) is 5.92 Å². The van der Waals surface area contributed by atoms with E-state index in [1.54, 1.807) is 12.4 Å².